The Morgan fingerprint density at radius 3 is 1.07 bits per heavy atom. The van der Waals surface area contributed by atoms with E-state index in [9.17, 15) is 80.6 Å². The van der Waals surface area contributed by atoms with Crippen molar-refractivity contribution >= 4 is 95.3 Å². The molecule has 0 aromatic rings. The Kier molecular flexibility index (Phi) is 34.1. The molecule has 17 saturated heterocycles. The first-order valence-electron chi connectivity index (χ1n) is 56.3. The van der Waals surface area contributed by atoms with E-state index in [-0.39, 0.29) is 137 Å². The smallest absolute Gasteiger partial charge is 0.312 e. The highest BCUT2D eigenvalue weighted by Gasteiger charge is 2.82. The topological polar surface area (TPSA) is 398 Å². The molecule has 17 aliphatic heterocycles. The van der Waals surface area contributed by atoms with Crippen LogP contribution in [0.15, 0.2) is 0 Å². The van der Waals surface area contributed by atoms with Gasteiger partial charge < -0.3 is 23.7 Å². The van der Waals surface area contributed by atoms with E-state index in [1.807, 2.05) is 34.6 Å². The van der Waals surface area contributed by atoms with Gasteiger partial charge in [0, 0.05) is 44.8 Å². The van der Waals surface area contributed by atoms with Crippen molar-refractivity contribution in [3.8, 4) is 0 Å². The third-order valence-corrected chi connectivity index (χ3v) is 63.0. The lowest BCUT2D eigenvalue weighted by atomic mass is 9.55. The summed E-state index contributed by atoms with van der Waals surface area (Å²) in [6, 6.07) is 0. The highest BCUT2D eigenvalue weighted by Crippen LogP contribution is 2.74. The zero-order valence-electron chi connectivity index (χ0n) is 95.8. The highest BCUT2D eigenvalue weighted by atomic mass is 32.2. The maximum atomic E-state index is 12.5. The monoisotopic (exact) mass is 2240 g/mol. The molecule has 0 spiro atoms. The van der Waals surface area contributed by atoms with Crippen LogP contribution < -0.4 is 0 Å². The van der Waals surface area contributed by atoms with Gasteiger partial charge in [0.1, 0.15) is 40.8 Å². The van der Waals surface area contributed by atoms with E-state index in [2.05, 4.69) is 222 Å². The maximum absolute atomic E-state index is 12.5. The largest absolute Gasteiger partial charge is 0.469 e. The molecule has 21 rings (SSSR count). The number of ether oxygens (including phenoxy) is 5. The highest BCUT2D eigenvalue weighted by molar-refractivity contribution is 7.93. The minimum Gasteiger partial charge on any atom is -0.469 e. The van der Waals surface area contributed by atoms with Crippen LogP contribution in [-0.4, -0.2) is 240 Å². The molecule has 36 heteroatoms. The van der Waals surface area contributed by atoms with Crippen LogP contribution in [0.1, 0.15) is 308 Å². The van der Waals surface area contributed by atoms with E-state index < -0.39 is 135 Å². The Hall–Kier alpha value is -1.26. The van der Waals surface area contributed by atoms with Gasteiger partial charge in [0.2, 0.25) is 0 Å². The van der Waals surface area contributed by atoms with Gasteiger partial charge in [0.05, 0.1) is 123 Å². The fraction of sp³-hybridized carbons (Fsp3) is 0.991. The van der Waals surface area contributed by atoms with Crippen LogP contribution in [0, 0.1) is 214 Å². The molecule has 26 unspecified atom stereocenters. The second-order valence-corrected chi connectivity index (χ2v) is 73.6. The number of carbonyl (C=O) groups excluding carboxylic acids is 1. The number of rotatable bonds is 19. The summed E-state index contributed by atoms with van der Waals surface area (Å²) in [6.07, 6.45) is 6.17. The van der Waals surface area contributed by atoms with E-state index in [0.29, 0.717) is 188 Å². The average molecular weight is 2240 g/mol. The number of sulfone groups is 6. The average Bonchev–Trinajstić information content (AvgIpc) is 2.48. The van der Waals surface area contributed by atoms with Crippen LogP contribution in [0.3, 0.4) is 0 Å². The SMILES string of the molecule is CC(C)C1(C(C)C)C2CC3C(O2)C1CS3(=O)=O.CC(C)C1(C(C)C)C2CC3C1CS(=O)(=O)C3C2.CC(C)C1(C(C)C)C2CC3CS(=O)(=O)C1C3C2.CC(C)C1(C(C)C)C2CC3CS(=O)(=O)C1C3O2.CC(C)C1(C(C)C)CCS(=O)(=O)C1.CC(C)C1(C(C)C)CCS(=O)(=O)C1.CC(C)C1(C(C)C)COS(=O)(=O)C1.CC1C2OC3C(OS(=O)(=O)C13)C2(C(C)C)C(C)C.COC(=O)C1C2OC3C(OS(=O)(=O)C31)C2(C(C)C)C(C)C. The fourth-order valence-corrected chi connectivity index (χ4v) is 60.9. The summed E-state index contributed by atoms with van der Waals surface area (Å²) < 4.78 is 260. The lowest BCUT2D eigenvalue weighted by Gasteiger charge is -2.48. The maximum Gasteiger partial charge on any atom is 0.312 e. The number of hydrogen-bond acceptors (Lipinski definition) is 27. The Bertz CT molecular complexity index is 5440. The number of hydrogen-bond donors (Lipinski definition) is 0. The van der Waals surface area contributed by atoms with Crippen LogP contribution in [0.5, 0.6) is 0 Å². The van der Waals surface area contributed by atoms with Crippen LogP contribution in [0.2, 0.25) is 0 Å². The second-order valence-electron chi connectivity index (χ2n) is 55.3. The Labute approximate surface area is 885 Å². The van der Waals surface area contributed by atoms with Crippen LogP contribution >= 0.6 is 0 Å². The van der Waals surface area contributed by atoms with Gasteiger partial charge in [0.25, 0.3) is 30.4 Å². The van der Waals surface area contributed by atoms with Gasteiger partial charge >= 0.3 is 5.97 Å². The minimum atomic E-state index is -3.80. The number of fused-ring (bicyclic) bond motifs is 6. The van der Waals surface area contributed by atoms with E-state index in [0.717, 1.165) is 32.1 Å². The van der Waals surface area contributed by atoms with Gasteiger partial charge in [0.15, 0.2) is 59.0 Å². The quantitative estimate of drug-likeness (QED) is 0.0856. The second kappa shape index (κ2) is 40.9. The molecule has 850 valence electrons. The van der Waals surface area contributed by atoms with E-state index >= 15 is 0 Å². The van der Waals surface area contributed by atoms with Crippen molar-refractivity contribution in [2.24, 2.45) is 214 Å². The van der Waals surface area contributed by atoms with Crippen molar-refractivity contribution < 1.29 is 117 Å². The third kappa shape index (κ3) is 18.5. The standard InChI is InChI=1S/C14H22O6S.2C14H24O2S.C13H22O4S.2C13H22O3S.2C10H20O2S.C9H18O3S/c1-6(2)14(7(3)4)11-8(13(15)18-5)10-9(19-11)12(14)20-21(10,16)17;1-8(2)14(9(3)4)11-5-10-7-17(15,16)13(14)12(10)6-11;1-8(2)14(9(3)4)10-5-11-12(14)7-17(15,16)13(11)6-10;1-6(2)13(7(3)4)11-8(5)10-9(16-11)12(13)17-18(10,14)15;1-7(2)13(8(3)4)9-6-17(14,15)10-5-11(13)16-12(9)10;1-7(2)13(8(3)4)10-5-9-6-17(14,15)12(13)11(9)16-10;2*1-8(2)10(9(3)4)5-6-13(11,12)7-10;1-7(2)9(8(3)4)5-12-13(10,11)6-9/h6-12H,1-5H3;2*8-13H,5-7H2,1-4H3;6-12H,1-5H3;2*7-12H,5-6H2,1-4H3;2*8-9H,5-7H2,1-4H3;7-8H,5-6H2,1-4H3. The summed E-state index contributed by atoms with van der Waals surface area (Å²) in [5.74, 6) is 13.3. The van der Waals surface area contributed by atoms with E-state index in [4.69, 9.17) is 36.2 Å². The first-order chi connectivity index (χ1) is 66.6. The summed E-state index contributed by atoms with van der Waals surface area (Å²) in [4.78, 5) is 12.2. The Balaban J connectivity index is 0.000000138. The predicted molar refractivity (Wildman–Crippen MR) is 576 cm³/mol. The zero-order valence-corrected chi connectivity index (χ0v) is 103. The molecule has 4 aliphatic carbocycles. The molecule has 0 radical (unpaired) electrons. The predicted octanol–water partition coefficient (Wildman–Crippen LogP) is 17.8. The van der Waals surface area contributed by atoms with Gasteiger partial charge in [-0.05, 0) is 215 Å². The van der Waals surface area contributed by atoms with Crippen molar-refractivity contribution in [1.29, 1.82) is 0 Å². The van der Waals surface area contributed by atoms with Gasteiger partial charge in [-0.25, -0.2) is 50.5 Å². The molecular formula is C110H194O27S9. The molecule has 17 heterocycles. The Morgan fingerprint density at radius 1 is 0.308 bits per heavy atom. The molecule has 26 atom stereocenters. The van der Waals surface area contributed by atoms with Gasteiger partial charge in [-0.3, -0.25) is 17.3 Å². The first-order valence-corrected chi connectivity index (χ1v) is 71.3. The third-order valence-electron chi connectivity index (χ3n) is 45.3. The van der Waals surface area contributed by atoms with Crippen LogP contribution in [0.25, 0.3) is 0 Å². The molecular weight excluding hydrogens is 2040 g/mol. The first kappa shape index (κ1) is 122. The molecule has 0 N–H and O–H groups in total. The molecule has 4 saturated carbocycles. The fourth-order valence-electron chi connectivity index (χ4n) is 38.8. The van der Waals surface area contributed by atoms with Crippen LogP contribution in [-0.2, 0) is 130 Å². The van der Waals surface area contributed by atoms with Crippen molar-refractivity contribution in [2.75, 3.05) is 65.5 Å². The van der Waals surface area contributed by atoms with E-state index in [1.54, 1.807) is 0 Å². The van der Waals surface area contributed by atoms with Gasteiger partial charge in [-0.15, -0.1) is 0 Å². The molecule has 0 amide bonds. The molecule has 0 aromatic carbocycles. The molecule has 0 aromatic heterocycles. The summed E-state index contributed by atoms with van der Waals surface area (Å²) in [5.41, 5.74) is -0.493. The minimum absolute atomic E-state index is 0.00481. The number of esters is 1. The summed E-state index contributed by atoms with van der Waals surface area (Å²) in [7, 11) is -26.1. The summed E-state index contributed by atoms with van der Waals surface area (Å²) in [6.45, 7) is 80.2. The van der Waals surface area contributed by atoms with Crippen LogP contribution in [0.4, 0.5) is 0 Å². The molecule has 12 bridgehead atoms. The van der Waals surface area contributed by atoms with Gasteiger partial charge in [-0.2, -0.15) is 25.3 Å². The number of carbonyl (C=O) groups is 1. The molecule has 21 fully saturated rings. The molecule has 21 aliphatic rings. The van der Waals surface area contributed by atoms with E-state index in [1.165, 1.54) is 26.4 Å². The number of methoxy groups -OCH3 is 1. The Morgan fingerprint density at radius 2 is 0.678 bits per heavy atom. The summed E-state index contributed by atoms with van der Waals surface area (Å²) in [5, 5.41) is -1.78. The van der Waals surface area contributed by atoms with Crippen molar-refractivity contribution in [3.63, 3.8) is 0 Å². The van der Waals surface area contributed by atoms with Crippen molar-refractivity contribution in [3.05, 3.63) is 0 Å². The van der Waals surface area contributed by atoms with Crippen molar-refractivity contribution in [1.82, 2.24) is 0 Å². The lowest BCUT2D eigenvalue weighted by molar-refractivity contribution is -0.152. The van der Waals surface area contributed by atoms with Gasteiger partial charge in [-0.1, -0.05) is 256 Å². The lowest BCUT2D eigenvalue weighted by Crippen LogP contribution is -2.57. The summed E-state index contributed by atoms with van der Waals surface area (Å²) >= 11 is 0. The van der Waals surface area contributed by atoms with Crippen molar-refractivity contribution in [2.45, 2.75) is 400 Å². The zero-order chi connectivity index (χ0) is 110. The molecule has 146 heavy (non-hydrogen) atoms. The normalized spacial score (nSPS) is 39.7. The molecule has 27 nitrogen and oxygen atoms in total.